The Morgan fingerprint density at radius 3 is 2.85 bits per heavy atom. The van der Waals surface area contributed by atoms with Gasteiger partial charge < -0.3 is 14.8 Å². The lowest BCUT2D eigenvalue weighted by molar-refractivity contribution is -0.119. The summed E-state index contributed by atoms with van der Waals surface area (Å²) in [6.45, 7) is 4.76. The second-order valence-electron chi connectivity index (χ2n) is 7.25. The van der Waals surface area contributed by atoms with Crippen molar-refractivity contribution < 1.29 is 9.59 Å². The van der Waals surface area contributed by atoms with E-state index in [4.69, 9.17) is 0 Å². The minimum absolute atomic E-state index is 0.0535. The zero-order valence-corrected chi connectivity index (χ0v) is 16.0. The Kier molecular flexibility index (Phi) is 4.55. The van der Waals surface area contributed by atoms with E-state index in [0.717, 1.165) is 23.6 Å². The van der Waals surface area contributed by atoms with Gasteiger partial charge in [-0.1, -0.05) is 10.6 Å². The van der Waals surface area contributed by atoms with E-state index in [-0.39, 0.29) is 35.3 Å². The summed E-state index contributed by atoms with van der Waals surface area (Å²) in [5.74, 6) is 0.0321. The Hall–Kier alpha value is -2.55. The molecular weight excluding hydrogens is 366 g/mol. The van der Waals surface area contributed by atoms with E-state index in [1.807, 2.05) is 15.5 Å². The van der Waals surface area contributed by atoms with Gasteiger partial charge in [0.2, 0.25) is 5.91 Å². The van der Waals surface area contributed by atoms with Gasteiger partial charge in [0.25, 0.3) is 11.5 Å². The van der Waals surface area contributed by atoms with Crippen molar-refractivity contribution in [1.29, 1.82) is 0 Å². The quantitative estimate of drug-likeness (QED) is 0.846. The van der Waals surface area contributed by atoms with Crippen LogP contribution in [-0.2, 0) is 4.79 Å². The van der Waals surface area contributed by atoms with Crippen LogP contribution in [0.25, 0.3) is 0 Å². The second-order valence-corrected chi connectivity index (χ2v) is 8.01. The van der Waals surface area contributed by atoms with Gasteiger partial charge in [-0.3, -0.25) is 14.4 Å². The monoisotopic (exact) mass is 387 g/mol. The first-order valence-electron chi connectivity index (χ1n) is 8.99. The summed E-state index contributed by atoms with van der Waals surface area (Å²) in [6, 6.07) is 5.11. The smallest absolute Gasteiger partial charge is 0.267 e. The molecule has 0 radical (unpaired) electrons. The Balaban J connectivity index is 1.69. The number of piperidine rings is 1. The van der Waals surface area contributed by atoms with Gasteiger partial charge in [-0.15, -0.1) is 5.10 Å². The molecular formula is C18H21N5O3S. The summed E-state index contributed by atoms with van der Waals surface area (Å²) < 4.78 is 5.69. The number of likely N-dealkylation sites (tertiary alicyclic amines) is 1. The van der Waals surface area contributed by atoms with E-state index in [1.165, 1.54) is 6.92 Å². The third-order valence-corrected chi connectivity index (χ3v) is 6.31. The average Bonchev–Trinajstić information content (AvgIpc) is 3.07. The minimum atomic E-state index is -0.162. The van der Waals surface area contributed by atoms with Crippen molar-refractivity contribution in [2.45, 2.75) is 32.2 Å². The molecule has 2 aromatic heterocycles. The van der Waals surface area contributed by atoms with Gasteiger partial charge in [0, 0.05) is 44.2 Å². The molecule has 142 valence electrons. The standard InChI is InChI=1S/C18H21N5O3S/c1-10-17(27-21-20-10)18(26)22-8-12-6-13(9-22)15(7-19-11(2)24)23-14(12)4-3-5-16(23)25/h3-5,12-13,15H,6-9H2,1-2H3,(H,19,24)/t12-,13+,15+/m1/s1. The summed E-state index contributed by atoms with van der Waals surface area (Å²) in [5.41, 5.74) is 1.53. The molecule has 0 aromatic carbocycles. The lowest BCUT2D eigenvalue weighted by Crippen LogP contribution is -2.53. The van der Waals surface area contributed by atoms with Gasteiger partial charge in [-0.25, -0.2) is 0 Å². The van der Waals surface area contributed by atoms with E-state index in [2.05, 4.69) is 14.9 Å². The van der Waals surface area contributed by atoms with Crippen LogP contribution in [0.3, 0.4) is 0 Å². The highest BCUT2D eigenvalue weighted by Crippen LogP contribution is 2.41. The van der Waals surface area contributed by atoms with Crippen molar-refractivity contribution in [3.8, 4) is 0 Å². The van der Waals surface area contributed by atoms with Crippen LogP contribution in [-0.4, -0.2) is 50.5 Å². The highest BCUT2D eigenvalue weighted by molar-refractivity contribution is 7.07. The van der Waals surface area contributed by atoms with Crippen LogP contribution in [0, 0.1) is 12.8 Å². The molecule has 0 saturated carbocycles. The first kappa shape index (κ1) is 17.8. The number of nitrogens with one attached hydrogen (secondary N) is 1. The molecule has 4 rings (SSSR count). The van der Waals surface area contributed by atoms with Crippen molar-refractivity contribution in [3.05, 3.63) is 44.8 Å². The van der Waals surface area contributed by atoms with Gasteiger partial charge in [0.1, 0.15) is 4.88 Å². The number of nitrogens with zero attached hydrogens (tertiary/aromatic N) is 4. The van der Waals surface area contributed by atoms with Crippen LogP contribution in [0.4, 0.5) is 0 Å². The predicted molar refractivity (Wildman–Crippen MR) is 99.8 cm³/mol. The van der Waals surface area contributed by atoms with Crippen molar-refractivity contribution in [2.75, 3.05) is 19.6 Å². The van der Waals surface area contributed by atoms with E-state index < -0.39 is 0 Å². The molecule has 1 fully saturated rings. The zero-order chi connectivity index (χ0) is 19.1. The number of carbonyl (C=O) groups excluding carboxylic acids is 2. The number of fused-ring (bicyclic) bond motifs is 4. The van der Waals surface area contributed by atoms with E-state index >= 15 is 0 Å². The van der Waals surface area contributed by atoms with Crippen LogP contribution in [0.15, 0.2) is 23.0 Å². The maximum atomic E-state index is 13.0. The topological polar surface area (TPSA) is 97.2 Å². The van der Waals surface area contributed by atoms with Crippen molar-refractivity contribution in [2.24, 2.45) is 5.92 Å². The Bertz CT molecular complexity index is 952. The van der Waals surface area contributed by atoms with Crippen molar-refractivity contribution in [3.63, 3.8) is 0 Å². The molecule has 2 aliphatic heterocycles. The number of rotatable bonds is 3. The fraction of sp³-hybridized carbons (Fsp3) is 0.500. The SMILES string of the molecule is CC(=O)NC[C@H]1[C@H]2C[C@H](CN(C(=O)c3snnc3C)C2)c2cccc(=O)n21. The maximum Gasteiger partial charge on any atom is 0.267 e. The molecule has 0 unspecified atom stereocenters. The normalized spacial score (nSPS) is 23.6. The number of amides is 2. The third-order valence-electron chi connectivity index (χ3n) is 5.49. The van der Waals surface area contributed by atoms with Crippen LogP contribution in [0.5, 0.6) is 0 Å². The van der Waals surface area contributed by atoms with E-state index in [1.54, 1.807) is 19.1 Å². The number of aromatic nitrogens is 3. The van der Waals surface area contributed by atoms with E-state index in [0.29, 0.717) is 30.2 Å². The predicted octanol–water partition coefficient (Wildman–Crippen LogP) is 0.945. The van der Waals surface area contributed by atoms with Gasteiger partial charge in [0.05, 0.1) is 11.7 Å². The van der Waals surface area contributed by atoms with Crippen LogP contribution in [0.1, 0.15) is 46.4 Å². The number of carbonyl (C=O) groups is 2. The highest BCUT2D eigenvalue weighted by Gasteiger charge is 2.42. The summed E-state index contributed by atoms with van der Waals surface area (Å²) >= 11 is 1.12. The third kappa shape index (κ3) is 3.16. The molecule has 1 saturated heterocycles. The molecule has 8 nitrogen and oxygen atoms in total. The first-order chi connectivity index (χ1) is 13.0. The molecule has 9 heteroatoms. The summed E-state index contributed by atoms with van der Waals surface area (Å²) in [7, 11) is 0. The highest BCUT2D eigenvalue weighted by atomic mass is 32.1. The summed E-state index contributed by atoms with van der Waals surface area (Å²) in [6.07, 6.45) is 0.900. The van der Waals surface area contributed by atoms with Gasteiger partial charge in [-0.05, 0) is 36.9 Å². The van der Waals surface area contributed by atoms with Crippen LogP contribution >= 0.6 is 11.5 Å². The first-order valence-corrected chi connectivity index (χ1v) is 9.77. The molecule has 2 amide bonds. The fourth-order valence-electron chi connectivity index (χ4n) is 4.29. The fourth-order valence-corrected chi connectivity index (χ4v) is 4.92. The lowest BCUT2D eigenvalue weighted by Gasteiger charge is -2.46. The number of hydrogen-bond acceptors (Lipinski definition) is 6. The zero-order valence-electron chi connectivity index (χ0n) is 15.2. The minimum Gasteiger partial charge on any atom is -0.354 e. The molecule has 3 atom stereocenters. The molecule has 0 spiro atoms. The largest absolute Gasteiger partial charge is 0.354 e. The molecule has 2 aliphatic rings. The lowest BCUT2D eigenvalue weighted by atomic mass is 9.78. The molecule has 2 bridgehead atoms. The van der Waals surface area contributed by atoms with Crippen LogP contribution < -0.4 is 10.9 Å². The van der Waals surface area contributed by atoms with Crippen LogP contribution in [0.2, 0.25) is 0 Å². The van der Waals surface area contributed by atoms with Gasteiger partial charge in [0.15, 0.2) is 0 Å². The molecule has 0 aliphatic carbocycles. The Labute approximate surface area is 160 Å². The van der Waals surface area contributed by atoms with Crippen molar-refractivity contribution >= 4 is 23.3 Å². The molecule has 2 aromatic rings. The average molecular weight is 387 g/mol. The summed E-state index contributed by atoms with van der Waals surface area (Å²) in [5, 5.41) is 6.79. The van der Waals surface area contributed by atoms with E-state index in [9.17, 15) is 14.4 Å². The molecule has 27 heavy (non-hydrogen) atoms. The molecule has 1 N–H and O–H groups in total. The van der Waals surface area contributed by atoms with Gasteiger partial charge >= 0.3 is 0 Å². The summed E-state index contributed by atoms with van der Waals surface area (Å²) in [4.78, 5) is 39.4. The van der Waals surface area contributed by atoms with Crippen molar-refractivity contribution in [1.82, 2.24) is 24.4 Å². The number of aryl methyl sites for hydroxylation is 1. The number of pyridine rings is 1. The second kappa shape index (κ2) is 6.88. The number of hydrogen-bond donors (Lipinski definition) is 1. The Morgan fingerprint density at radius 1 is 1.33 bits per heavy atom. The van der Waals surface area contributed by atoms with Gasteiger partial charge in [-0.2, -0.15) is 0 Å². The molecule has 4 heterocycles. The Morgan fingerprint density at radius 2 is 2.15 bits per heavy atom. The maximum absolute atomic E-state index is 13.0.